The molecule has 3 aliphatic carbocycles. The molecule has 1 heterocycles. The molecule has 3 aromatic rings. The summed E-state index contributed by atoms with van der Waals surface area (Å²) >= 11 is 6.19. The van der Waals surface area contributed by atoms with Crippen molar-refractivity contribution in [2.24, 2.45) is 11.8 Å². The van der Waals surface area contributed by atoms with Gasteiger partial charge in [0.15, 0.2) is 0 Å². The van der Waals surface area contributed by atoms with E-state index in [0.717, 1.165) is 62.1 Å². The van der Waals surface area contributed by atoms with Crippen LogP contribution < -0.4 is 10.1 Å². The molecule has 0 saturated heterocycles. The normalized spacial score (nSPS) is 25.8. The summed E-state index contributed by atoms with van der Waals surface area (Å²) in [6, 6.07) is 17.9. The first-order chi connectivity index (χ1) is 19.4. The predicted molar refractivity (Wildman–Crippen MR) is 156 cm³/mol. The average molecular weight is 561 g/mol. The van der Waals surface area contributed by atoms with Crippen molar-refractivity contribution in [3.8, 4) is 5.75 Å². The summed E-state index contributed by atoms with van der Waals surface area (Å²) in [4.78, 5) is 17.2. The standard InChI is InChI=1S/C33H37ClN2O4/c34-25-6-3-7-26(19-25)36-33(31(38)39)14-12-32(13-15-33)24(18-23-5-1-2-9-28(23)32)17-22(20-37)21-40-30-11-16-35-29-10-4-8-27(29)30/h1-3,5-7,9,11,16,19,22,24,36-37H,4,8,10,12-15,17-18,20-21H2,(H,38,39)/t22?,24-,32?,33?/m0/s1. The van der Waals surface area contributed by atoms with E-state index in [-0.39, 0.29) is 17.9 Å². The summed E-state index contributed by atoms with van der Waals surface area (Å²) in [6.45, 7) is 0.525. The molecule has 2 atom stereocenters. The van der Waals surface area contributed by atoms with Crippen molar-refractivity contribution >= 4 is 23.3 Å². The van der Waals surface area contributed by atoms with Gasteiger partial charge in [0.1, 0.15) is 11.3 Å². The van der Waals surface area contributed by atoms with Gasteiger partial charge in [-0.05, 0) is 105 Å². The van der Waals surface area contributed by atoms with Gasteiger partial charge in [0.05, 0.1) is 6.61 Å². The van der Waals surface area contributed by atoms with Crippen LogP contribution in [0.1, 0.15) is 60.9 Å². The number of aliphatic hydroxyl groups excluding tert-OH is 1. The molecule has 0 aliphatic heterocycles. The van der Waals surface area contributed by atoms with Crippen LogP contribution >= 0.6 is 11.6 Å². The maximum Gasteiger partial charge on any atom is 0.329 e. The highest BCUT2D eigenvalue weighted by molar-refractivity contribution is 6.30. The molecule has 0 radical (unpaired) electrons. The maximum atomic E-state index is 12.7. The van der Waals surface area contributed by atoms with Gasteiger partial charge in [0.25, 0.3) is 0 Å². The topological polar surface area (TPSA) is 91.7 Å². The number of halogens is 1. The molecule has 3 N–H and O–H groups in total. The molecule has 1 aromatic heterocycles. The molecule has 6 rings (SSSR count). The monoisotopic (exact) mass is 560 g/mol. The summed E-state index contributed by atoms with van der Waals surface area (Å²) in [6.07, 6.45) is 9.28. The highest BCUT2D eigenvalue weighted by Gasteiger charge is 2.54. The molecule has 1 unspecified atom stereocenters. The molecule has 2 aromatic carbocycles. The van der Waals surface area contributed by atoms with Gasteiger partial charge >= 0.3 is 5.97 Å². The second-order valence-corrected chi connectivity index (χ2v) is 12.4. The summed E-state index contributed by atoms with van der Waals surface area (Å²) in [5.74, 6) is 0.391. The van der Waals surface area contributed by atoms with Crippen molar-refractivity contribution in [3.63, 3.8) is 0 Å². The van der Waals surface area contributed by atoms with Crippen molar-refractivity contribution in [1.29, 1.82) is 0 Å². The molecule has 1 saturated carbocycles. The van der Waals surface area contributed by atoms with E-state index in [0.29, 0.717) is 30.4 Å². The van der Waals surface area contributed by atoms with Gasteiger partial charge in [-0.3, -0.25) is 4.98 Å². The van der Waals surface area contributed by atoms with E-state index in [9.17, 15) is 15.0 Å². The SMILES string of the molecule is O=C(O)C1(Nc2cccc(Cl)c2)CCC2(CC1)c1ccccc1C[C@@H]2CC(CO)COc1ccnc2c1CCC2. The van der Waals surface area contributed by atoms with Crippen molar-refractivity contribution in [2.75, 3.05) is 18.5 Å². The van der Waals surface area contributed by atoms with Crippen LogP contribution in [-0.4, -0.2) is 39.9 Å². The lowest BCUT2D eigenvalue weighted by atomic mass is 9.59. The quantitative estimate of drug-likeness (QED) is 0.288. The Bertz CT molecular complexity index is 1380. The minimum absolute atomic E-state index is 0.00264. The first kappa shape index (κ1) is 27.1. The molecule has 1 spiro atoms. The summed E-state index contributed by atoms with van der Waals surface area (Å²) in [5, 5.41) is 24.7. The van der Waals surface area contributed by atoms with Gasteiger partial charge in [0, 0.05) is 40.7 Å². The Morgan fingerprint density at radius 1 is 1.10 bits per heavy atom. The van der Waals surface area contributed by atoms with E-state index in [1.54, 1.807) is 12.1 Å². The minimum Gasteiger partial charge on any atom is -0.493 e. The Morgan fingerprint density at radius 2 is 1.93 bits per heavy atom. The zero-order valence-corrected chi connectivity index (χ0v) is 23.5. The van der Waals surface area contributed by atoms with Crippen LogP contribution in [0.2, 0.25) is 5.02 Å². The van der Waals surface area contributed by atoms with Crippen LogP contribution in [0, 0.1) is 11.8 Å². The third-order valence-corrected chi connectivity index (χ3v) is 9.94. The first-order valence-electron chi connectivity index (χ1n) is 14.5. The lowest BCUT2D eigenvalue weighted by Crippen LogP contribution is -2.53. The fourth-order valence-corrected chi connectivity index (χ4v) is 7.77. The maximum absolute atomic E-state index is 12.7. The number of aromatic nitrogens is 1. The summed E-state index contributed by atoms with van der Waals surface area (Å²) < 4.78 is 6.31. The minimum atomic E-state index is -1.04. The van der Waals surface area contributed by atoms with Crippen LogP contribution in [0.5, 0.6) is 5.75 Å². The van der Waals surface area contributed by atoms with Gasteiger partial charge in [-0.15, -0.1) is 0 Å². The number of rotatable bonds is 9. The number of hydrogen-bond donors (Lipinski definition) is 3. The highest BCUT2D eigenvalue weighted by Crippen LogP contribution is 2.56. The zero-order valence-electron chi connectivity index (χ0n) is 22.7. The van der Waals surface area contributed by atoms with Crippen LogP contribution in [0.3, 0.4) is 0 Å². The number of hydrogen-bond acceptors (Lipinski definition) is 5. The van der Waals surface area contributed by atoms with Crippen molar-refractivity contribution in [1.82, 2.24) is 4.98 Å². The second kappa shape index (κ2) is 11.1. The van der Waals surface area contributed by atoms with E-state index in [2.05, 4.69) is 34.6 Å². The number of carbonyl (C=O) groups is 1. The third-order valence-electron chi connectivity index (χ3n) is 9.71. The number of benzene rings is 2. The number of carboxylic acid groups (broad SMARTS) is 1. The number of nitrogens with zero attached hydrogens (tertiary/aromatic N) is 1. The van der Waals surface area contributed by atoms with Gasteiger partial charge in [0.2, 0.25) is 0 Å². The highest BCUT2D eigenvalue weighted by atomic mass is 35.5. The molecule has 40 heavy (non-hydrogen) atoms. The first-order valence-corrected chi connectivity index (χ1v) is 14.9. The third kappa shape index (κ3) is 4.97. The van der Waals surface area contributed by atoms with Crippen molar-refractivity contribution < 1.29 is 19.7 Å². The summed E-state index contributed by atoms with van der Waals surface area (Å²) in [5.41, 5.74) is 4.63. The Balaban J connectivity index is 1.21. The Morgan fingerprint density at radius 3 is 2.70 bits per heavy atom. The number of aliphatic hydroxyl groups is 1. The van der Waals surface area contributed by atoms with Crippen LogP contribution in [0.15, 0.2) is 60.8 Å². The fourth-order valence-electron chi connectivity index (χ4n) is 7.58. The second-order valence-electron chi connectivity index (χ2n) is 11.9. The van der Waals surface area contributed by atoms with E-state index < -0.39 is 11.5 Å². The molecule has 210 valence electrons. The predicted octanol–water partition coefficient (Wildman–Crippen LogP) is 6.22. The van der Waals surface area contributed by atoms with Gasteiger partial charge in [-0.1, -0.05) is 41.9 Å². The molecular formula is C33H37ClN2O4. The number of pyridine rings is 1. The van der Waals surface area contributed by atoms with Crippen molar-refractivity contribution in [2.45, 2.75) is 68.7 Å². The molecule has 0 bridgehead atoms. The van der Waals surface area contributed by atoms with E-state index in [1.807, 2.05) is 24.4 Å². The molecule has 1 fully saturated rings. The number of carboxylic acids is 1. The lowest BCUT2D eigenvalue weighted by Gasteiger charge is -2.47. The van der Waals surface area contributed by atoms with Crippen molar-refractivity contribution in [3.05, 3.63) is 88.2 Å². The molecule has 0 amide bonds. The number of nitrogens with one attached hydrogen (secondary N) is 1. The largest absolute Gasteiger partial charge is 0.493 e. The molecular weight excluding hydrogens is 524 g/mol. The van der Waals surface area contributed by atoms with Crippen LogP contribution in [0.4, 0.5) is 5.69 Å². The Labute approximate surface area is 240 Å². The van der Waals surface area contributed by atoms with E-state index in [4.69, 9.17) is 16.3 Å². The number of aliphatic carboxylic acids is 1. The lowest BCUT2D eigenvalue weighted by molar-refractivity contribution is -0.144. The average Bonchev–Trinajstić information content (AvgIpc) is 3.56. The van der Waals surface area contributed by atoms with Gasteiger partial charge in [-0.25, -0.2) is 4.79 Å². The summed E-state index contributed by atoms with van der Waals surface area (Å²) in [7, 11) is 0. The van der Waals surface area contributed by atoms with Gasteiger partial charge < -0.3 is 20.3 Å². The molecule has 7 heteroatoms. The molecule has 3 aliphatic rings. The molecule has 6 nitrogen and oxygen atoms in total. The Kier molecular flexibility index (Phi) is 7.49. The number of aryl methyl sites for hydroxylation is 1. The van der Waals surface area contributed by atoms with E-state index >= 15 is 0 Å². The van der Waals surface area contributed by atoms with Gasteiger partial charge in [-0.2, -0.15) is 0 Å². The van der Waals surface area contributed by atoms with Crippen LogP contribution in [-0.2, 0) is 29.5 Å². The Hall–Kier alpha value is -3.09. The number of ether oxygens (including phenoxy) is 1. The zero-order chi connectivity index (χ0) is 27.7. The number of anilines is 1. The number of fused-ring (bicyclic) bond motifs is 3. The van der Waals surface area contributed by atoms with E-state index in [1.165, 1.54) is 16.7 Å². The fraction of sp³-hybridized carbons (Fsp3) is 0.455. The van der Waals surface area contributed by atoms with Crippen LogP contribution in [0.25, 0.3) is 0 Å². The smallest absolute Gasteiger partial charge is 0.329 e.